The number of nitrogens with zero attached hydrogens (tertiary/aromatic N) is 3. The second-order valence-corrected chi connectivity index (χ2v) is 8.87. The summed E-state index contributed by atoms with van der Waals surface area (Å²) < 4.78 is 5.56. The van der Waals surface area contributed by atoms with E-state index < -0.39 is 18.2 Å². The van der Waals surface area contributed by atoms with E-state index in [2.05, 4.69) is 0 Å². The number of amides is 2. The maximum absolute atomic E-state index is 13.2. The van der Waals surface area contributed by atoms with Gasteiger partial charge in [-0.05, 0) is 57.6 Å². The van der Waals surface area contributed by atoms with Gasteiger partial charge in [-0.15, -0.1) is 0 Å². The summed E-state index contributed by atoms with van der Waals surface area (Å²) >= 11 is 0. The number of primary amides is 1. The van der Waals surface area contributed by atoms with Crippen molar-refractivity contribution < 1.29 is 19.1 Å². The van der Waals surface area contributed by atoms with Crippen LogP contribution in [0.25, 0.3) is 0 Å². The lowest BCUT2D eigenvalue weighted by molar-refractivity contribution is -0.141. The molecule has 2 aliphatic heterocycles. The third-order valence-electron chi connectivity index (χ3n) is 6.24. The Bertz CT molecular complexity index is 959. The molecule has 4 rings (SSSR count). The van der Waals surface area contributed by atoms with Gasteiger partial charge >= 0.3 is 5.97 Å². The van der Waals surface area contributed by atoms with E-state index in [0.717, 1.165) is 35.2 Å². The fourth-order valence-corrected chi connectivity index (χ4v) is 4.71. The molecule has 1 saturated heterocycles. The van der Waals surface area contributed by atoms with Gasteiger partial charge in [0.2, 0.25) is 11.8 Å². The van der Waals surface area contributed by atoms with E-state index in [-0.39, 0.29) is 18.9 Å². The molecule has 0 aromatic heterocycles. The molecule has 1 unspecified atom stereocenters. The highest BCUT2D eigenvalue weighted by atomic mass is 16.5. The molecule has 166 valence electrons. The Morgan fingerprint density at radius 2 is 1.77 bits per heavy atom. The van der Waals surface area contributed by atoms with Crippen molar-refractivity contribution in [3.63, 3.8) is 0 Å². The molecule has 0 spiro atoms. The number of carbonyl (C=O) groups is 3. The normalized spacial score (nSPS) is 20.6. The predicted octanol–water partition coefficient (Wildman–Crippen LogP) is 1.92. The summed E-state index contributed by atoms with van der Waals surface area (Å²) in [7, 11) is 0. The fraction of sp³-hybridized carbons (Fsp3) is 0.522. The molecule has 1 atom stereocenters. The number of esters is 1. The van der Waals surface area contributed by atoms with E-state index in [1.807, 2.05) is 44.7 Å². The predicted molar refractivity (Wildman–Crippen MR) is 116 cm³/mol. The van der Waals surface area contributed by atoms with Crippen LogP contribution in [-0.4, -0.2) is 53.6 Å². The molecule has 8 nitrogen and oxygen atoms in total. The summed E-state index contributed by atoms with van der Waals surface area (Å²) in [4.78, 5) is 43.1. The average Bonchev–Trinajstić information content (AvgIpc) is 3.39. The molecule has 1 aliphatic carbocycles. The lowest BCUT2D eigenvalue weighted by atomic mass is 10.0. The average molecular weight is 427 g/mol. The molecule has 1 aromatic carbocycles. The smallest absolute Gasteiger partial charge is 0.356 e. The van der Waals surface area contributed by atoms with Gasteiger partial charge in [0.25, 0.3) is 0 Å². The number of rotatable bonds is 7. The Labute approximate surface area is 182 Å². The summed E-state index contributed by atoms with van der Waals surface area (Å²) in [6.45, 7) is 8.63. The van der Waals surface area contributed by atoms with E-state index in [4.69, 9.17) is 10.5 Å². The molecule has 2 heterocycles. The molecule has 8 heteroatoms. The highest BCUT2D eigenvalue weighted by molar-refractivity contribution is 6.01. The number of carbonyl (C=O) groups excluding carboxylic acids is 3. The van der Waals surface area contributed by atoms with Crippen LogP contribution in [0.5, 0.6) is 0 Å². The number of fused-ring (bicyclic) bond motifs is 1. The number of hydrogen-bond acceptors (Lipinski definition) is 6. The Morgan fingerprint density at radius 1 is 1.13 bits per heavy atom. The Hall–Kier alpha value is -3.03. The lowest BCUT2D eigenvalue weighted by Gasteiger charge is -2.36. The van der Waals surface area contributed by atoms with E-state index in [0.29, 0.717) is 30.5 Å². The highest BCUT2D eigenvalue weighted by Crippen LogP contribution is 2.41. The summed E-state index contributed by atoms with van der Waals surface area (Å²) in [6.07, 6.45) is 1.77. The molecule has 1 saturated carbocycles. The van der Waals surface area contributed by atoms with Crippen LogP contribution in [-0.2, 0) is 19.1 Å². The first kappa shape index (κ1) is 21.2. The number of ether oxygens (including phenoxy) is 1. The van der Waals surface area contributed by atoms with Crippen molar-refractivity contribution in [2.24, 2.45) is 11.7 Å². The van der Waals surface area contributed by atoms with E-state index in [1.165, 1.54) is 0 Å². The summed E-state index contributed by atoms with van der Waals surface area (Å²) in [5, 5.41) is 0. The third-order valence-corrected chi connectivity index (χ3v) is 6.24. The zero-order chi connectivity index (χ0) is 22.4. The molecule has 2 N–H and O–H groups in total. The SMILES string of the molecule is CC1=C(C(=O)OCC2CC2)N2CC(=O)N(c3c(C)cc(C)cc3C)C2N1CCC(N)=O. The van der Waals surface area contributed by atoms with Crippen molar-refractivity contribution in [2.75, 3.05) is 24.6 Å². The Morgan fingerprint density at radius 3 is 2.35 bits per heavy atom. The standard InChI is InChI=1S/C23H30N4O4/c1-13-9-14(2)20(15(3)10-13)27-19(29)11-26-21(22(30)31-12-17-5-6-17)16(4)25(23(26)27)8-7-18(24)28/h9-10,17,23H,5-8,11-12H2,1-4H3,(H2,24,28). The monoisotopic (exact) mass is 426 g/mol. The number of benzene rings is 1. The van der Waals surface area contributed by atoms with Gasteiger partial charge in [-0.25, -0.2) is 4.79 Å². The number of nitrogens with two attached hydrogens (primary N) is 1. The van der Waals surface area contributed by atoms with Gasteiger partial charge in [0.15, 0.2) is 6.29 Å². The number of hydrogen-bond donors (Lipinski definition) is 1. The number of aryl methyl sites for hydroxylation is 3. The summed E-state index contributed by atoms with van der Waals surface area (Å²) in [5.74, 6) is -0.489. The van der Waals surface area contributed by atoms with Crippen molar-refractivity contribution in [3.05, 3.63) is 40.2 Å². The minimum Gasteiger partial charge on any atom is -0.461 e. The maximum atomic E-state index is 13.2. The van der Waals surface area contributed by atoms with Gasteiger partial charge in [-0.2, -0.15) is 0 Å². The van der Waals surface area contributed by atoms with E-state index >= 15 is 0 Å². The molecule has 0 radical (unpaired) electrons. The van der Waals surface area contributed by atoms with Crippen LogP contribution in [0.3, 0.4) is 0 Å². The van der Waals surface area contributed by atoms with Crippen molar-refractivity contribution in [1.29, 1.82) is 0 Å². The molecule has 31 heavy (non-hydrogen) atoms. The molecule has 2 fully saturated rings. The molecular weight excluding hydrogens is 396 g/mol. The number of anilines is 1. The van der Waals surface area contributed by atoms with Crippen molar-refractivity contribution >= 4 is 23.5 Å². The summed E-state index contributed by atoms with van der Waals surface area (Å²) in [5.41, 5.74) is 10.4. The van der Waals surface area contributed by atoms with Crippen LogP contribution in [0, 0.1) is 26.7 Å². The topological polar surface area (TPSA) is 96.2 Å². The van der Waals surface area contributed by atoms with Crippen LogP contribution in [0.1, 0.15) is 42.9 Å². The second kappa shape index (κ2) is 7.90. The van der Waals surface area contributed by atoms with Gasteiger partial charge in [-0.1, -0.05) is 17.7 Å². The van der Waals surface area contributed by atoms with Crippen LogP contribution in [0.2, 0.25) is 0 Å². The van der Waals surface area contributed by atoms with Gasteiger partial charge < -0.3 is 20.3 Å². The first-order chi connectivity index (χ1) is 14.7. The van der Waals surface area contributed by atoms with Crippen LogP contribution < -0.4 is 10.6 Å². The number of allylic oxidation sites excluding steroid dienone is 1. The molecule has 3 aliphatic rings. The van der Waals surface area contributed by atoms with Crippen molar-refractivity contribution in [2.45, 2.75) is 53.2 Å². The first-order valence-corrected chi connectivity index (χ1v) is 10.8. The minimum atomic E-state index is -0.518. The van der Waals surface area contributed by atoms with Gasteiger partial charge in [0.1, 0.15) is 12.2 Å². The van der Waals surface area contributed by atoms with Crippen LogP contribution >= 0.6 is 0 Å². The molecule has 1 aromatic rings. The van der Waals surface area contributed by atoms with Gasteiger partial charge in [0, 0.05) is 18.7 Å². The molecule has 0 bridgehead atoms. The van der Waals surface area contributed by atoms with Crippen molar-refractivity contribution in [3.8, 4) is 0 Å². The minimum absolute atomic E-state index is 0.0791. The largest absolute Gasteiger partial charge is 0.461 e. The summed E-state index contributed by atoms with van der Waals surface area (Å²) in [6, 6.07) is 4.10. The maximum Gasteiger partial charge on any atom is 0.356 e. The quantitative estimate of drug-likeness (QED) is 0.669. The lowest BCUT2D eigenvalue weighted by Crippen LogP contribution is -2.48. The fourth-order valence-electron chi connectivity index (χ4n) is 4.71. The Balaban J connectivity index is 1.71. The highest BCUT2D eigenvalue weighted by Gasteiger charge is 2.51. The first-order valence-electron chi connectivity index (χ1n) is 10.8. The Kier molecular flexibility index (Phi) is 5.41. The van der Waals surface area contributed by atoms with Crippen LogP contribution in [0.15, 0.2) is 23.5 Å². The van der Waals surface area contributed by atoms with E-state index in [1.54, 1.807) is 9.80 Å². The zero-order valence-corrected chi connectivity index (χ0v) is 18.6. The molecule has 2 amide bonds. The van der Waals surface area contributed by atoms with Crippen LogP contribution in [0.4, 0.5) is 5.69 Å². The van der Waals surface area contributed by atoms with Crippen molar-refractivity contribution in [1.82, 2.24) is 9.80 Å². The second-order valence-electron chi connectivity index (χ2n) is 8.87. The zero-order valence-electron chi connectivity index (χ0n) is 18.6. The van der Waals surface area contributed by atoms with Gasteiger partial charge in [0.05, 0.1) is 12.3 Å². The van der Waals surface area contributed by atoms with E-state index in [9.17, 15) is 14.4 Å². The third kappa shape index (κ3) is 3.86. The molecular formula is C23H30N4O4. The van der Waals surface area contributed by atoms with Gasteiger partial charge in [-0.3, -0.25) is 14.5 Å².